The number of methoxy groups -OCH3 is 1. The third-order valence-corrected chi connectivity index (χ3v) is 3.06. The van der Waals surface area contributed by atoms with Gasteiger partial charge in [-0.1, -0.05) is 13.8 Å². The second kappa shape index (κ2) is 9.23. The Bertz CT molecular complexity index is 447. The summed E-state index contributed by atoms with van der Waals surface area (Å²) in [5.74, 6) is 1.26. The number of nitrogen functional groups attached to an aromatic ring is 1. The number of carbonyl (C=O) groups is 1. The van der Waals surface area contributed by atoms with Crippen LogP contribution in [-0.4, -0.2) is 26.2 Å². The van der Waals surface area contributed by atoms with Gasteiger partial charge in [0.2, 0.25) is 5.91 Å². The molecule has 0 saturated carbocycles. The van der Waals surface area contributed by atoms with Gasteiger partial charge in [-0.05, 0) is 30.9 Å². The summed E-state index contributed by atoms with van der Waals surface area (Å²) in [6.07, 6.45) is 2.18. The zero-order valence-corrected chi connectivity index (χ0v) is 13.1. The van der Waals surface area contributed by atoms with Gasteiger partial charge in [0.1, 0.15) is 5.75 Å². The highest BCUT2D eigenvalue weighted by atomic mass is 16.5. The molecule has 0 saturated heterocycles. The van der Waals surface area contributed by atoms with Gasteiger partial charge in [-0.2, -0.15) is 0 Å². The van der Waals surface area contributed by atoms with Gasteiger partial charge in [0.15, 0.2) is 0 Å². The molecule has 118 valence electrons. The van der Waals surface area contributed by atoms with Gasteiger partial charge in [0.05, 0.1) is 18.5 Å². The Kier molecular flexibility index (Phi) is 7.61. The average Bonchev–Trinajstić information content (AvgIpc) is 2.44. The van der Waals surface area contributed by atoms with Crippen molar-refractivity contribution in [3.8, 4) is 5.75 Å². The van der Waals surface area contributed by atoms with Crippen LogP contribution in [0.3, 0.4) is 0 Å². The maximum absolute atomic E-state index is 11.8. The molecule has 3 N–H and O–H groups in total. The number of anilines is 2. The van der Waals surface area contributed by atoms with E-state index in [1.54, 1.807) is 25.3 Å². The van der Waals surface area contributed by atoms with E-state index in [-0.39, 0.29) is 5.91 Å². The first-order valence-corrected chi connectivity index (χ1v) is 7.34. The number of benzene rings is 1. The second-order valence-electron chi connectivity index (χ2n) is 5.40. The van der Waals surface area contributed by atoms with Crippen LogP contribution in [0.1, 0.15) is 33.1 Å². The minimum absolute atomic E-state index is 0.0562. The van der Waals surface area contributed by atoms with Crippen molar-refractivity contribution in [3.05, 3.63) is 18.2 Å². The highest BCUT2D eigenvalue weighted by molar-refractivity contribution is 5.93. The van der Waals surface area contributed by atoms with Crippen LogP contribution in [0.4, 0.5) is 11.4 Å². The van der Waals surface area contributed by atoms with E-state index in [4.69, 9.17) is 15.2 Å². The summed E-state index contributed by atoms with van der Waals surface area (Å²) in [7, 11) is 1.58. The van der Waals surface area contributed by atoms with Gasteiger partial charge in [0.25, 0.3) is 0 Å². The van der Waals surface area contributed by atoms with Gasteiger partial charge in [-0.3, -0.25) is 4.79 Å². The molecule has 0 spiro atoms. The molecular formula is C16H26N2O3. The van der Waals surface area contributed by atoms with Crippen molar-refractivity contribution < 1.29 is 14.3 Å². The third kappa shape index (κ3) is 6.99. The molecule has 0 heterocycles. The third-order valence-electron chi connectivity index (χ3n) is 3.06. The molecule has 1 aromatic carbocycles. The van der Waals surface area contributed by atoms with Crippen LogP contribution in [0.2, 0.25) is 0 Å². The Morgan fingerprint density at radius 3 is 2.71 bits per heavy atom. The van der Waals surface area contributed by atoms with Crippen LogP contribution in [0.25, 0.3) is 0 Å². The molecular weight excluding hydrogens is 268 g/mol. The molecule has 1 rings (SSSR count). The maximum atomic E-state index is 11.8. The zero-order valence-electron chi connectivity index (χ0n) is 13.1. The van der Waals surface area contributed by atoms with E-state index in [9.17, 15) is 4.79 Å². The lowest BCUT2D eigenvalue weighted by atomic mass is 10.1. The lowest BCUT2D eigenvalue weighted by Crippen LogP contribution is -2.13. The average molecular weight is 294 g/mol. The molecule has 0 fully saturated rings. The molecule has 0 bridgehead atoms. The fourth-order valence-electron chi connectivity index (χ4n) is 1.75. The van der Waals surface area contributed by atoms with Crippen molar-refractivity contribution >= 4 is 17.3 Å². The van der Waals surface area contributed by atoms with Crippen LogP contribution in [0, 0.1) is 5.92 Å². The monoisotopic (exact) mass is 294 g/mol. The number of carbonyl (C=O) groups excluding carboxylic acids is 1. The van der Waals surface area contributed by atoms with E-state index in [1.165, 1.54) is 0 Å². The molecule has 1 aromatic rings. The van der Waals surface area contributed by atoms with Crippen LogP contribution in [0.5, 0.6) is 5.75 Å². The highest BCUT2D eigenvalue weighted by Gasteiger charge is 2.06. The molecule has 0 aromatic heterocycles. The molecule has 0 aliphatic rings. The topological polar surface area (TPSA) is 73.6 Å². The van der Waals surface area contributed by atoms with Crippen molar-refractivity contribution in [2.75, 3.05) is 31.4 Å². The smallest absolute Gasteiger partial charge is 0.224 e. The van der Waals surface area contributed by atoms with Crippen molar-refractivity contribution in [3.63, 3.8) is 0 Å². The first kappa shape index (κ1) is 17.3. The van der Waals surface area contributed by atoms with E-state index in [2.05, 4.69) is 19.2 Å². The lowest BCUT2D eigenvalue weighted by Gasteiger charge is -2.10. The van der Waals surface area contributed by atoms with Crippen LogP contribution in [-0.2, 0) is 9.53 Å². The number of nitrogens with one attached hydrogen (secondary N) is 1. The van der Waals surface area contributed by atoms with Gasteiger partial charge < -0.3 is 20.5 Å². The van der Waals surface area contributed by atoms with Gasteiger partial charge in [-0.15, -0.1) is 0 Å². The Balaban J connectivity index is 2.24. The van der Waals surface area contributed by atoms with Crippen molar-refractivity contribution in [1.29, 1.82) is 0 Å². The minimum atomic E-state index is -0.0562. The lowest BCUT2D eigenvalue weighted by molar-refractivity contribution is -0.116. The number of nitrogens with two attached hydrogens (primary N) is 1. The normalized spacial score (nSPS) is 10.7. The van der Waals surface area contributed by atoms with E-state index in [0.29, 0.717) is 42.5 Å². The fraction of sp³-hybridized carbons (Fsp3) is 0.562. The summed E-state index contributed by atoms with van der Waals surface area (Å²) >= 11 is 0. The quantitative estimate of drug-likeness (QED) is 0.542. The van der Waals surface area contributed by atoms with Gasteiger partial charge in [0, 0.05) is 25.7 Å². The van der Waals surface area contributed by atoms with E-state index in [0.717, 1.165) is 13.0 Å². The maximum Gasteiger partial charge on any atom is 0.224 e. The number of ether oxygens (including phenoxy) is 2. The van der Waals surface area contributed by atoms with Gasteiger partial charge >= 0.3 is 0 Å². The molecule has 0 aliphatic heterocycles. The molecule has 21 heavy (non-hydrogen) atoms. The highest BCUT2D eigenvalue weighted by Crippen LogP contribution is 2.24. The number of hydrogen-bond acceptors (Lipinski definition) is 4. The van der Waals surface area contributed by atoms with Crippen molar-refractivity contribution in [2.45, 2.75) is 33.1 Å². The molecule has 5 heteroatoms. The SMILES string of the molecule is COc1ccc(NC(=O)CCCOCCC(C)C)c(N)c1. The Hall–Kier alpha value is -1.75. The Labute approximate surface area is 126 Å². The summed E-state index contributed by atoms with van der Waals surface area (Å²) in [5, 5.41) is 2.80. The molecule has 0 unspecified atom stereocenters. The second-order valence-corrected chi connectivity index (χ2v) is 5.40. The predicted molar refractivity (Wildman–Crippen MR) is 85.5 cm³/mol. The number of rotatable bonds is 9. The largest absolute Gasteiger partial charge is 0.497 e. The van der Waals surface area contributed by atoms with E-state index >= 15 is 0 Å². The van der Waals surface area contributed by atoms with Crippen LogP contribution in [0.15, 0.2) is 18.2 Å². The molecule has 5 nitrogen and oxygen atoms in total. The van der Waals surface area contributed by atoms with E-state index in [1.807, 2.05) is 0 Å². The number of amides is 1. The first-order chi connectivity index (χ1) is 10.0. The summed E-state index contributed by atoms with van der Waals surface area (Å²) in [6, 6.07) is 5.19. The fourth-order valence-corrected chi connectivity index (χ4v) is 1.75. The summed E-state index contributed by atoms with van der Waals surface area (Å²) < 4.78 is 10.5. The summed E-state index contributed by atoms with van der Waals surface area (Å²) in [4.78, 5) is 11.8. The van der Waals surface area contributed by atoms with E-state index < -0.39 is 0 Å². The van der Waals surface area contributed by atoms with Crippen LogP contribution >= 0.6 is 0 Å². The molecule has 0 aliphatic carbocycles. The Morgan fingerprint density at radius 2 is 2.10 bits per heavy atom. The van der Waals surface area contributed by atoms with Crippen LogP contribution < -0.4 is 15.8 Å². The zero-order chi connectivity index (χ0) is 15.7. The Morgan fingerprint density at radius 1 is 1.33 bits per heavy atom. The standard InChI is InChI=1S/C16H26N2O3/c1-12(2)8-10-21-9-4-5-16(19)18-15-7-6-13(20-3)11-14(15)17/h6-7,11-12H,4-5,8-10,17H2,1-3H3,(H,18,19). The predicted octanol–water partition coefficient (Wildman–Crippen LogP) is 3.06. The summed E-state index contributed by atoms with van der Waals surface area (Å²) in [6.45, 7) is 5.69. The van der Waals surface area contributed by atoms with Crippen molar-refractivity contribution in [1.82, 2.24) is 0 Å². The van der Waals surface area contributed by atoms with Gasteiger partial charge in [-0.25, -0.2) is 0 Å². The molecule has 0 atom stereocenters. The first-order valence-electron chi connectivity index (χ1n) is 7.34. The number of hydrogen-bond donors (Lipinski definition) is 2. The summed E-state index contributed by atoms with van der Waals surface area (Å²) in [5.41, 5.74) is 6.96. The molecule has 0 radical (unpaired) electrons. The van der Waals surface area contributed by atoms with Crippen molar-refractivity contribution in [2.24, 2.45) is 5.92 Å². The minimum Gasteiger partial charge on any atom is -0.497 e. The molecule has 1 amide bonds.